The summed E-state index contributed by atoms with van der Waals surface area (Å²) < 4.78 is 18.6. The van der Waals surface area contributed by atoms with Gasteiger partial charge < -0.3 is 23.7 Å². The van der Waals surface area contributed by atoms with E-state index in [-0.39, 0.29) is 48.6 Å². The second kappa shape index (κ2) is 17.2. The third-order valence-electron chi connectivity index (χ3n) is 8.66. The summed E-state index contributed by atoms with van der Waals surface area (Å²) in [6, 6.07) is 18.8. The van der Waals surface area contributed by atoms with Crippen molar-refractivity contribution in [2.75, 3.05) is 13.1 Å². The normalized spacial score (nSPS) is 17.2. The molecule has 0 heterocycles. The van der Waals surface area contributed by atoms with Crippen LogP contribution in [0, 0.1) is 0 Å². The Kier molecular flexibility index (Phi) is 13.7. The molecule has 0 saturated carbocycles. The van der Waals surface area contributed by atoms with Crippen LogP contribution in [0.5, 0.6) is 0 Å². The van der Waals surface area contributed by atoms with E-state index in [0.29, 0.717) is 38.8 Å². The summed E-state index contributed by atoms with van der Waals surface area (Å²) in [5.41, 5.74) is 1.86. The van der Waals surface area contributed by atoms with Gasteiger partial charge in [0.05, 0.1) is 12.1 Å². The van der Waals surface area contributed by atoms with E-state index < -0.39 is 8.32 Å². The van der Waals surface area contributed by atoms with Crippen LogP contribution >= 0.6 is 0 Å². The lowest BCUT2D eigenvalue weighted by molar-refractivity contribution is 0.0641. The Balaban J connectivity index is 1.91. The van der Waals surface area contributed by atoms with Gasteiger partial charge in [0, 0.05) is 19.2 Å². The molecule has 1 aliphatic carbocycles. The van der Waals surface area contributed by atoms with Gasteiger partial charge in [0.15, 0.2) is 8.32 Å². The number of benzene rings is 2. The van der Waals surface area contributed by atoms with Crippen molar-refractivity contribution >= 4 is 20.5 Å². The maximum atomic E-state index is 13.6. The van der Waals surface area contributed by atoms with E-state index in [9.17, 15) is 9.59 Å². The zero-order chi connectivity index (χ0) is 32.9. The number of carbonyl (C=O) groups is 2. The molecule has 0 aliphatic heterocycles. The van der Waals surface area contributed by atoms with E-state index >= 15 is 0 Å². The Morgan fingerprint density at radius 2 is 1.18 bits per heavy atom. The monoisotopic (exact) mass is 632 g/mol. The SMILES string of the molecule is C=CCCN(C(=O)OCc1ccccc1)[C@@H]1C=C[C@@H](N(CCC=C)C(=O)OCc2ccccc2)CC(O[Si](C)(C)C(C)(C)C)C1. The van der Waals surface area contributed by atoms with Crippen LogP contribution in [0.1, 0.15) is 57.6 Å². The molecule has 0 radical (unpaired) electrons. The summed E-state index contributed by atoms with van der Waals surface area (Å²) in [4.78, 5) is 30.7. The third-order valence-corrected chi connectivity index (χ3v) is 13.2. The maximum absolute atomic E-state index is 13.6. The highest BCUT2D eigenvalue weighted by Crippen LogP contribution is 2.39. The fourth-order valence-electron chi connectivity index (χ4n) is 5.05. The molecule has 0 saturated heterocycles. The topological polar surface area (TPSA) is 68.3 Å². The standard InChI is InChI=1S/C37H52N2O5Si/c1-8-10-24-38(35(40)42-28-30-18-14-12-15-19-30)32-22-23-33(27-34(26-32)44-45(6,7)37(3,4)5)39(25-11-9-2)36(41)43-29-31-20-16-13-17-21-31/h8-9,12-23,32-34H,1-2,10-11,24-29H2,3-7H3/t32-,33-/m1/s1. The Morgan fingerprint density at radius 3 is 1.53 bits per heavy atom. The van der Waals surface area contributed by atoms with E-state index in [2.05, 4.69) is 47.0 Å². The Morgan fingerprint density at radius 1 is 0.778 bits per heavy atom. The largest absolute Gasteiger partial charge is 0.445 e. The van der Waals surface area contributed by atoms with Crippen LogP contribution in [0.25, 0.3) is 0 Å². The molecule has 45 heavy (non-hydrogen) atoms. The maximum Gasteiger partial charge on any atom is 0.410 e. The molecule has 2 aromatic rings. The van der Waals surface area contributed by atoms with Gasteiger partial charge in [0.25, 0.3) is 0 Å². The van der Waals surface area contributed by atoms with Gasteiger partial charge in [0.1, 0.15) is 13.2 Å². The number of nitrogens with zero attached hydrogens (tertiary/aromatic N) is 2. The van der Waals surface area contributed by atoms with E-state index in [0.717, 1.165) is 11.1 Å². The Labute approximate surface area is 271 Å². The fraction of sp³-hybridized carbons (Fsp3) is 0.459. The first-order valence-electron chi connectivity index (χ1n) is 16.0. The van der Waals surface area contributed by atoms with Crippen molar-refractivity contribution in [1.29, 1.82) is 0 Å². The van der Waals surface area contributed by atoms with Crippen LogP contribution in [-0.4, -0.2) is 61.6 Å². The minimum absolute atomic E-state index is 0.00793. The minimum atomic E-state index is -2.20. The van der Waals surface area contributed by atoms with Gasteiger partial charge in [-0.05, 0) is 54.9 Å². The van der Waals surface area contributed by atoms with E-state index in [1.54, 1.807) is 9.80 Å². The molecule has 0 fully saturated rings. The number of ether oxygens (including phenoxy) is 2. The van der Waals surface area contributed by atoms with E-state index in [4.69, 9.17) is 13.9 Å². The molecule has 2 amide bonds. The zero-order valence-electron chi connectivity index (χ0n) is 27.8. The van der Waals surface area contributed by atoms with Crippen LogP contribution in [-0.2, 0) is 27.1 Å². The third kappa shape index (κ3) is 11.0. The van der Waals surface area contributed by atoms with Crippen LogP contribution in [0.2, 0.25) is 18.1 Å². The van der Waals surface area contributed by atoms with Crippen molar-refractivity contribution in [1.82, 2.24) is 9.80 Å². The first-order valence-corrected chi connectivity index (χ1v) is 18.9. The van der Waals surface area contributed by atoms with Crippen LogP contribution < -0.4 is 0 Å². The fourth-order valence-corrected chi connectivity index (χ4v) is 6.43. The van der Waals surface area contributed by atoms with Crippen molar-refractivity contribution in [2.45, 2.75) is 96.0 Å². The molecule has 3 rings (SSSR count). The molecule has 244 valence electrons. The summed E-state index contributed by atoms with van der Waals surface area (Å²) in [5.74, 6) is 0. The Hall–Kier alpha value is -3.62. The molecule has 2 aromatic carbocycles. The van der Waals surface area contributed by atoms with Crippen molar-refractivity contribution in [3.63, 3.8) is 0 Å². The summed E-state index contributed by atoms with van der Waals surface area (Å²) in [6.45, 7) is 20.2. The lowest BCUT2D eigenvalue weighted by Gasteiger charge is -2.41. The van der Waals surface area contributed by atoms with Crippen LogP contribution in [0.4, 0.5) is 9.59 Å². The lowest BCUT2D eigenvalue weighted by atomic mass is 10.1. The van der Waals surface area contributed by atoms with Crippen molar-refractivity contribution in [3.05, 3.63) is 109 Å². The van der Waals surface area contributed by atoms with Gasteiger partial charge >= 0.3 is 12.2 Å². The summed E-state index contributed by atoms with van der Waals surface area (Å²) in [5, 5.41) is -0.00793. The molecular weight excluding hydrogens is 581 g/mol. The van der Waals surface area contributed by atoms with Crippen LogP contribution in [0.15, 0.2) is 98.1 Å². The number of rotatable bonds is 14. The molecule has 0 N–H and O–H groups in total. The van der Waals surface area contributed by atoms with Gasteiger partial charge in [-0.2, -0.15) is 0 Å². The smallest absolute Gasteiger partial charge is 0.410 e. The van der Waals surface area contributed by atoms with Crippen molar-refractivity contribution < 1.29 is 23.5 Å². The second-order valence-corrected chi connectivity index (χ2v) is 17.9. The second-order valence-electron chi connectivity index (χ2n) is 13.1. The highest BCUT2D eigenvalue weighted by atomic mass is 28.4. The predicted molar refractivity (Wildman–Crippen MR) is 184 cm³/mol. The number of hydrogen-bond acceptors (Lipinski definition) is 5. The highest BCUT2D eigenvalue weighted by molar-refractivity contribution is 6.74. The van der Waals surface area contributed by atoms with E-state index in [1.807, 2.05) is 85.0 Å². The molecule has 0 aromatic heterocycles. The molecule has 2 atom stereocenters. The van der Waals surface area contributed by atoms with E-state index in [1.165, 1.54) is 0 Å². The number of amides is 2. The highest BCUT2D eigenvalue weighted by Gasteiger charge is 2.42. The van der Waals surface area contributed by atoms with Crippen molar-refractivity contribution in [2.24, 2.45) is 0 Å². The molecule has 0 spiro atoms. The molecule has 8 heteroatoms. The first-order chi connectivity index (χ1) is 21.4. The number of hydrogen-bond donors (Lipinski definition) is 0. The van der Waals surface area contributed by atoms with Gasteiger partial charge in [-0.3, -0.25) is 0 Å². The minimum Gasteiger partial charge on any atom is -0.445 e. The number of carbonyl (C=O) groups excluding carboxylic acids is 2. The Bertz CT molecular complexity index is 1180. The molecule has 0 bridgehead atoms. The first kappa shape index (κ1) is 35.9. The summed E-state index contributed by atoms with van der Waals surface area (Å²) >= 11 is 0. The summed E-state index contributed by atoms with van der Waals surface area (Å²) in [7, 11) is -2.20. The van der Waals surface area contributed by atoms with Crippen LogP contribution in [0.3, 0.4) is 0 Å². The molecule has 7 nitrogen and oxygen atoms in total. The van der Waals surface area contributed by atoms with Crippen molar-refractivity contribution in [3.8, 4) is 0 Å². The predicted octanol–water partition coefficient (Wildman–Crippen LogP) is 8.89. The average molecular weight is 633 g/mol. The zero-order valence-corrected chi connectivity index (χ0v) is 28.8. The molecule has 0 unspecified atom stereocenters. The summed E-state index contributed by atoms with van der Waals surface area (Å²) in [6.07, 6.45) is 9.16. The quantitative estimate of drug-likeness (QED) is 0.154. The van der Waals surface area contributed by atoms with Gasteiger partial charge in [-0.1, -0.05) is 106 Å². The van der Waals surface area contributed by atoms with Gasteiger partial charge in [-0.25, -0.2) is 9.59 Å². The van der Waals surface area contributed by atoms with Gasteiger partial charge in [0.2, 0.25) is 0 Å². The average Bonchev–Trinajstić information content (AvgIpc) is 3.21. The molecule has 1 aliphatic rings. The molecular formula is C37H52N2O5Si. The lowest BCUT2D eigenvalue weighted by Crippen LogP contribution is -2.48. The van der Waals surface area contributed by atoms with Gasteiger partial charge in [-0.15, -0.1) is 13.2 Å².